The molecular formula is C74H144O17P2. The van der Waals surface area contributed by atoms with Gasteiger partial charge in [0.15, 0.2) is 12.2 Å². The first-order chi connectivity index (χ1) is 44.7. The van der Waals surface area contributed by atoms with Crippen LogP contribution in [0.3, 0.4) is 0 Å². The second-order valence-corrected chi connectivity index (χ2v) is 31.0. The van der Waals surface area contributed by atoms with Crippen molar-refractivity contribution in [2.24, 2.45) is 17.8 Å². The zero-order valence-electron chi connectivity index (χ0n) is 60.7. The number of hydrogen-bond acceptors (Lipinski definition) is 15. The number of aliphatic hydroxyl groups is 1. The molecule has 0 aliphatic carbocycles. The average Bonchev–Trinajstić information content (AvgIpc) is 3.01. The zero-order chi connectivity index (χ0) is 68.7. The minimum Gasteiger partial charge on any atom is -0.462 e. The number of esters is 4. The lowest BCUT2D eigenvalue weighted by molar-refractivity contribution is -0.161. The van der Waals surface area contributed by atoms with E-state index in [1.54, 1.807) is 0 Å². The van der Waals surface area contributed by atoms with Crippen LogP contribution in [0.4, 0.5) is 0 Å². The van der Waals surface area contributed by atoms with Crippen LogP contribution in [0.25, 0.3) is 0 Å². The molecule has 0 rings (SSSR count). The third kappa shape index (κ3) is 68.4. The number of carbonyl (C=O) groups is 4. The predicted molar refractivity (Wildman–Crippen MR) is 377 cm³/mol. The van der Waals surface area contributed by atoms with E-state index in [9.17, 15) is 43.2 Å². The summed E-state index contributed by atoms with van der Waals surface area (Å²) in [5.74, 6) is 0.202. The van der Waals surface area contributed by atoms with Crippen LogP contribution in [-0.2, 0) is 65.4 Å². The normalized spacial score (nSPS) is 14.1. The minimum atomic E-state index is -4.96. The standard InChI is InChI=1S/C74H144O17P2/c1-8-9-10-11-31-41-48-55-71(76)84-61-69(90-74(79)58-51-44-37-30-24-27-34-40-47-54-67(6)7)63-88-92(80,81)86-59-68(75)60-87-93(82,83)89-64-70(62-85-72(77)56-49-42-35-28-22-19-18-21-26-33-39-46-53-66(4)5)91-73(78)57-50-43-36-29-23-17-15-13-12-14-16-20-25-32-38-45-52-65(2)3/h65-70,75H,8-64H2,1-7H3,(H,80,81)(H,82,83)/t68-,69+,70+/m0/s1. The molecule has 0 spiro atoms. The fraction of sp³-hybridized carbons (Fsp3) is 0.946. The third-order valence-electron chi connectivity index (χ3n) is 17.1. The van der Waals surface area contributed by atoms with Gasteiger partial charge < -0.3 is 33.8 Å². The number of hydrogen-bond donors (Lipinski definition) is 3. The number of phosphoric acid groups is 2. The number of carbonyl (C=O) groups excluding carboxylic acids is 4. The zero-order valence-corrected chi connectivity index (χ0v) is 62.5. The topological polar surface area (TPSA) is 237 Å². The number of unbranched alkanes of at least 4 members (excludes halogenated alkanes) is 40. The molecule has 0 radical (unpaired) electrons. The Morgan fingerprint density at radius 3 is 0.731 bits per heavy atom. The van der Waals surface area contributed by atoms with E-state index < -0.39 is 97.5 Å². The number of rotatable bonds is 72. The Balaban J connectivity index is 5.19. The molecule has 0 aromatic carbocycles. The molecule has 0 aliphatic heterocycles. The first-order valence-electron chi connectivity index (χ1n) is 38.3. The van der Waals surface area contributed by atoms with Crippen LogP contribution in [0.1, 0.15) is 376 Å². The maximum Gasteiger partial charge on any atom is 0.472 e. The van der Waals surface area contributed by atoms with Crippen LogP contribution in [0.5, 0.6) is 0 Å². The van der Waals surface area contributed by atoms with Crippen LogP contribution >= 0.6 is 15.6 Å². The first-order valence-corrected chi connectivity index (χ1v) is 41.3. The molecule has 0 heterocycles. The van der Waals surface area contributed by atoms with E-state index in [0.717, 1.165) is 120 Å². The molecule has 0 aromatic heterocycles. The summed E-state index contributed by atoms with van der Waals surface area (Å²) in [7, 11) is -9.90. The predicted octanol–water partition coefficient (Wildman–Crippen LogP) is 21.4. The molecule has 0 saturated heterocycles. The van der Waals surface area contributed by atoms with E-state index in [4.69, 9.17) is 37.0 Å². The Labute approximate surface area is 568 Å². The molecule has 5 atom stereocenters. The lowest BCUT2D eigenvalue weighted by Crippen LogP contribution is -2.30. The van der Waals surface area contributed by atoms with E-state index in [1.165, 1.54) is 173 Å². The molecular weight excluding hydrogens is 1220 g/mol. The summed E-state index contributed by atoms with van der Waals surface area (Å²) >= 11 is 0. The molecule has 0 aromatic rings. The van der Waals surface area contributed by atoms with Crippen molar-refractivity contribution in [2.75, 3.05) is 39.6 Å². The molecule has 2 unspecified atom stereocenters. The maximum atomic E-state index is 13.1. The Kier molecular flexibility index (Phi) is 63.4. The van der Waals surface area contributed by atoms with Crippen LogP contribution in [0.2, 0.25) is 0 Å². The number of aliphatic hydroxyl groups excluding tert-OH is 1. The van der Waals surface area contributed by atoms with Crippen molar-refractivity contribution < 1.29 is 80.2 Å². The van der Waals surface area contributed by atoms with Gasteiger partial charge in [-0.15, -0.1) is 0 Å². The average molecular weight is 1370 g/mol. The van der Waals surface area contributed by atoms with Crippen molar-refractivity contribution in [1.82, 2.24) is 0 Å². The van der Waals surface area contributed by atoms with Gasteiger partial charge in [0.25, 0.3) is 0 Å². The van der Waals surface area contributed by atoms with Gasteiger partial charge in [0.2, 0.25) is 0 Å². The molecule has 0 bridgehead atoms. The van der Waals surface area contributed by atoms with Crippen LogP contribution in [0.15, 0.2) is 0 Å². The Morgan fingerprint density at radius 2 is 0.495 bits per heavy atom. The molecule has 0 fully saturated rings. The van der Waals surface area contributed by atoms with E-state index in [0.29, 0.717) is 25.7 Å². The number of phosphoric ester groups is 2. The molecule has 0 amide bonds. The minimum absolute atomic E-state index is 0.105. The highest BCUT2D eigenvalue weighted by Crippen LogP contribution is 2.45. The molecule has 17 nitrogen and oxygen atoms in total. The third-order valence-corrected chi connectivity index (χ3v) is 19.0. The van der Waals surface area contributed by atoms with E-state index in [-0.39, 0.29) is 25.7 Å². The lowest BCUT2D eigenvalue weighted by Gasteiger charge is -2.21. The summed E-state index contributed by atoms with van der Waals surface area (Å²) in [6, 6.07) is 0. The van der Waals surface area contributed by atoms with Gasteiger partial charge in [-0.25, -0.2) is 9.13 Å². The van der Waals surface area contributed by atoms with E-state index >= 15 is 0 Å². The van der Waals surface area contributed by atoms with Gasteiger partial charge in [0.05, 0.1) is 26.4 Å². The van der Waals surface area contributed by atoms with Crippen molar-refractivity contribution in [3.8, 4) is 0 Å². The quantitative estimate of drug-likeness (QED) is 0.0222. The van der Waals surface area contributed by atoms with Crippen molar-refractivity contribution in [3.63, 3.8) is 0 Å². The molecule has 3 N–H and O–H groups in total. The number of ether oxygens (including phenoxy) is 4. The fourth-order valence-corrected chi connectivity index (χ4v) is 12.8. The lowest BCUT2D eigenvalue weighted by atomic mass is 10.0. The van der Waals surface area contributed by atoms with Gasteiger partial charge >= 0.3 is 39.5 Å². The van der Waals surface area contributed by atoms with Crippen molar-refractivity contribution >= 4 is 39.5 Å². The van der Waals surface area contributed by atoms with Gasteiger partial charge in [-0.2, -0.15) is 0 Å². The molecule has 552 valence electrons. The highest BCUT2D eigenvalue weighted by molar-refractivity contribution is 7.47. The van der Waals surface area contributed by atoms with E-state index in [1.807, 2.05) is 0 Å². The second kappa shape index (κ2) is 64.7. The Bertz CT molecular complexity index is 1820. The van der Waals surface area contributed by atoms with Crippen LogP contribution in [-0.4, -0.2) is 96.7 Å². The highest BCUT2D eigenvalue weighted by atomic mass is 31.2. The van der Waals surface area contributed by atoms with Crippen LogP contribution < -0.4 is 0 Å². The summed E-state index contributed by atoms with van der Waals surface area (Å²) in [6.07, 6.45) is 50.1. The molecule has 0 aliphatic rings. The summed E-state index contributed by atoms with van der Waals surface area (Å²) in [5, 5.41) is 10.6. The van der Waals surface area contributed by atoms with Crippen molar-refractivity contribution in [2.45, 2.75) is 394 Å². The monoisotopic (exact) mass is 1370 g/mol. The summed E-state index contributed by atoms with van der Waals surface area (Å²) in [5.41, 5.74) is 0. The molecule has 19 heteroatoms. The summed E-state index contributed by atoms with van der Waals surface area (Å²) < 4.78 is 68.3. The second-order valence-electron chi connectivity index (χ2n) is 28.1. The van der Waals surface area contributed by atoms with Gasteiger partial charge in [-0.1, -0.05) is 325 Å². The Hall–Kier alpha value is -1.94. The van der Waals surface area contributed by atoms with Gasteiger partial charge in [-0.05, 0) is 43.4 Å². The maximum absolute atomic E-state index is 13.1. The molecule has 0 saturated carbocycles. The van der Waals surface area contributed by atoms with Crippen molar-refractivity contribution in [3.05, 3.63) is 0 Å². The van der Waals surface area contributed by atoms with Crippen molar-refractivity contribution in [1.29, 1.82) is 0 Å². The molecule has 93 heavy (non-hydrogen) atoms. The first kappa shape index (κ1) is 91.1. The van der Waals surface area contributed by atoms with Gasteiger partial charge in [0.1, 0.15) is 19.3 Å². The van der Waals surface area contributed by atoms with Crippen LogP contribution in [0, 0.1) is 17.8 Å². The largest absolute Gasteiger partial charge is 0.472 e. The van der Waals surface area contributed by atoms with Gasteiger partial charge in [-0.3, -0.25) is 37.3 Å². The smallest absolute Gasteiger partial charge is 0.462 e. The summed E-state index contributed by atoms with van der Waals surface area (Å²) in [6.45, 7) is 11.9. The Morgan fingerprint density at radius 1 is 0.290 bits per heavy atom. The highest BCUT2D eigenvalue weighted by Gasteiger charge is 2.30. The fourth-order valence-electron chi connectivity index (χ4n) is 11.2. The van der Waals surface area contributed by atoms with Gasteiger partial charge in [0, 0.05) is 25.7 Å². The summed E-state index contributed by atoms with van der Waals surface area (Å²) in [4.78, 5) is 72.6. The SMILES string of the molecule is CCCCCCCCCC(=O)OC[C@H](COP(=O)(O)OC[C@H](O)COP(=O)(O)OC[C@@H](COC(=O)CCCCCCCCCCCCCCC(C)C)OC(=O)CCCCCCCCCCCCCCCCCCC(C)C)OC(=O)CCCCCCCCCCCC(C)C. The van der Waals surface area contributed by atoms with E-state index in [2.05, 4.69) is 48.5 Å².